The van der Waals surface area contributed by atoms with Gasteiger partial charge >= 0.3 is 0 Å². The lowest BCUT2D eigenvalue weighted by molar-refractivity contribution is 0.591. The number of hydrogen-bond acceptors (Lipinski definition) is 2. The van der Waals surface area contributed by atoms with Crippen molar-refractivity contribution in [3.63, 3.8) is 0 Å². The van der Waals surface area contributed by atoms with E-state index in [1.165, 1.54) is 0 Å². The molecule has 0 bridgehead atoms. The molecule has 8 aromatic rings. The van der Waals surface area contributed by atoms with Crippen LogP contribution in [0.3, 0.4) is 0 Å². The van der Waals surface area contributed by atoms with Gasteiger partial charge in [0.1, 0.15) is 0 Å². The van der Waals surface area contributed by atoms with E-state index < -0.39 is 14.3 Å². The highest BCUT2D eigenvalue weighted by Crippen LogP contribution is 2.52. The summed E-state index contributed by atoms with van der Waals surface area (Å²) in [6.45, 7) is 0. The number of halogens is 1. The summed E-state index contributed by atoms with van der Waals surface area (Å²) in [5, 5.41) is 8.26. The normalized spacial score (nSPS) is 11.9. The first kappa shape index (κ1) is 31.5. The van der Waals surface area contributed by atoms with Crippen molar-refractivity contribution in [3.8, 4) is 11.1 Å². The fraction of sp³-hybridized carbons (Fsp3) is 0. The van der Waals surface area contributed by atoms with Crippen LogP contribution in [0, 0.1) is 0 Å². The maximum atomic E-state index is 16.4. The Labute approximate surface area is 295 Å². The lowest BCUT2D eigenvalue weighted by atomic mass is 9.93. The van der Waals surface area contributed by atoms with E-state index in [1.807, 2.05) is 158 Å². The summed E-state index contributed by atoms with van der Waals surface area (Å²) >= 11 is 3.90. The third kappa shape index (κ3) is 5.25. The van der Waals surface area contributed by atoms with Crippen molar-refractivity contribution in [3.05, 3.63) is 193 Å². The summed E-state index contributed by atoms with van der Waals surface area (Å²) in [7, 11) is -7.02. The van der Waals surface area contributed by atoms with Gasteiger partial charge in [-0.25, -0.2) is 0 Å². The Bertz CT molecular complexity index is 2470. The van der Waals surface area contributed by atoms with Gasteiger partial charge in [-0.05, 0) is 33.7 Å². The summed E-state index contributed by atoms with van der Waals surface area (Å²) in [4.78, 5) is 0. The first-order valence-electron chi connectivity index (χ1n) is 16.2. The standard InChI is InChI=1S/C44H31BrO2P2/c45-40-31-42(49(47,35-22-9-3-10-23-35)36-24-11-4-12-25-36)44(39-28-16-15-27-38(39)40)43-37-26-14-13-17-32(37)29-30-41(43)48(46,33-18-5-1-6-19-33)34-20-7-2-8-21-34/h1-31H. The predicted molar refractivity (Wildman–Crippen MR) is 213 cm³/mol. The van der Waals surface area contributed by atoms with Gasteiger partial charge in [0.15, 0.2) is 14.3 Å². The highest BCUT2D eigenvalue weighted by atomic mass is 79.9. The molecule has 2 nitrogen and oxygen atoms in total. The van der Waals surface area contributed by atoms with Gasteiger partial charge in [0.25, 0.3) is 0 Å². The van der Waals surface area contributed by atoms with E-state index in [9.17, 15) is 0 Å². The molecule has 0 aromatic heterocycles. The Hall–Kier alpha value is -4.78. The van der Waals surface area contributed by atoms with Crippen LogP contribution in [-0.2, 0) is 9.13 Å². The monoisotopic (exact) mass is 732 g/mol. The van der Waals surface area contributed by atoms with Crippen LogP contribution >= 0.6 is 30.2 Å². The van der Waals surface area contributed by atoms with Gasteiger partial charge in [-0.15, -0.1) is 0 Å². The topological polar surface area (TPSA) is 34.1 Å². The molecule has 236 valence electrons. The van der Waals surface area contributed by atoms with Gasteiger partial charge in [-0.1, -0.05) is 192 Å². The fourth-order valence-electron chi connectivity index (χ4n) is 7.02. The highest BCUT2D eigenvalue weighted by Gasteiger charge is 2.38. The molecule has 0 fully saturated rings. The highest BCUT2D eigenvalue weighted by molar-refractivity contribution is 9.10. The van der Waals surface area contributed by atoms with Crippen LogP contribution in [0.1, 0.15) is 0 Å². The van der Waals surface area contributed by atoms with E-state index >= 15 is 9.13 Å². The van der Waals surface area contributed by atoms with Gasteiger partial charge in [-0.2, -0.15) is 0 Å². The molecule has 5 heteroatoms. The third-order valence-corrected chi connectivity index (χ3v) is 16.1. The Balaban J connectivity index is 1.61. The second-order valence-corrected chi connectivity index (χ2v) is 18.4. The number of benzene rings is 8. The molecule has 0 aliphatic heterocycles. The summed E-state index contributed by atoms with van der Waals surface area (Å²) in [6, 6.07) is 61.7. The molecular formula is C44H31BrO2P2. The minimum atomic E-state index is -3.52. The van der Waals surface area contributed by atoms with Crippen LogP contribution in [-0.4, -0.2) is 0 Å². The Morgan fingerprint density at radius 2 is 0.714 bits per heavy atom. The third-order valence-electron chi connectivity index (χ3n) is 9.29. The van der Waals surface area contributed by atoms with Crippen molar-refractivity contribution in [1.29, 1.82) is 0 Å². The van der Waals surface area contributed by atoms with Crippen molar-refractivity contribution >= 4 is 83.6 Å². The molecule has 0 spiro atoms. The second-order valence-electron chi connectivity index (χ2n) is 12.0. The largest absolute Gasteiger partial charge is 0.309 e. The zero-order valence-electron chi connectivity index (χ0n) is 26.5. The molecule has 0 aliphatic carbocycles. The number of fused-ring (bicyclic) bond motifs is 2. The molecule has 0 N–H and O–H groups in total. The van der Waals surface area contributed by atoms with E-state index in [1.54, 1.807) is 0 Å². The average Bonchev–Trinajstić information content (AvgIpc) is 3.18. The summed E-state index contributed by atoms with van der Waals surface area (Å²) in [5.74, 6) is 0. The Morgan fingerprint density at radius 1 is 0.347 bits per heavy atom. The molecule has 0 amide bonds. The summed E-state index contributed by atoms with van der Waals surface area (Å²) < 4.78 is 33.5. The predicted octanol–water partition coefficient (Wildman–Crippen LogP) is 9.70. The molecule has 0 atom stereocenters. The lowest BCUT2D eigenvalue weighted by Gasteiger charge is -2.29. The van der Waals surface area contributed by atoms with E-state index in [0.717, 1.165) is 58.4 Å². The molecule has 0 saturated carbocycles. The van der Waals surface area contributed by atoms with Crippen molar-refractivity contribution < 1.29 is 9.13 Å². The van der Waals surface area contributed by atoms with Crippen LogP contribution in [0.15, 0.2) is 193 Å². The summed E-state index contributed by atoms with van der Waals surface area (Å²) in [5.41, 5.74) is 1.66. The lowest BCUT2D eigenvalue weighted by Crippen LogP contribution is -2.30. The molecule has 0 aliphatic rings. The van der Waals surface area contributed by atoms with E-state index in [0.29, 0.717) is 10.6 Å². The minimum Gasteiger partial charge on any atom is -0.309 e. The smallest absolute Gasteiger partial charge is 0.171 e. The zero-order chi connectivity index (χ0) is 33.4. The quantitative estimate of drug-likeness (QED) is 0.153. The van der Waals surface area contributed by atoms with Crippen LogP contribution in [0.5, 0.6) is 0 Å². The van der Waals surface area contributed by atoms with Crippen LogP contribution < -0.4 is 31.8 Å². The summed E-state index contributed by atoms with van der Waals surface area (Å²) in [6.07, 6.45) is 0. The number of rotatable bonds is 7. The van der Waals surface area contributed by atoms with Crippen molar-refractivity contribution in [2.24, 2.45) is 0 Å². The molecule has 0 saturated heterocycles. The van der Waals surface area contributed by atoms with E-state index in [-0.39, 0.29) is 0 Å². The molecule has 0 unspecified atom stereocenters. The van der Waals surface area contributed by atoms with Crippen molar-refractivity contribution in [2.75, 3.05) is 0 Å². The van der Waals surface area contributed by atoms with E-state index in [2.05, 4.69) is 46.3 Å². The molecule has 8 rings (SSSR count). The Kier molecular flexibility index (Phi) is 8.30. The SMILES string of the molecule is O=P(c1ccccc1)(c1ccccc1)c1ccc2ccccc2c1-c1c(P(=O)(c2ccccc2)c2ccccc2)cc(Br)c2ccccc12. The molecule has 49 heavy (non-hydrogen) atoms. The maximum Gasteiger partial charge on any atom is 0.171 e. The molecule has 0 radical (unpaired) electrons. The molecule has 8 aromatic carbocycles. The minimum absolute atomic E-state index is 0.695. The van der Waals surface area contributed by atoms with Crippen molar-refractivity contribution in [2.45, 2.75) is 0 Å². The van der Waals surface area contributed by atoms with Gasteiger partial charge < -0.3 is 9.13 Å². The first-order valence-corrected chi connectivity index (χ1v) is 20.4. The molecule has 0 heterocycles. The maximum absolute atomic E-state index is 16.4. The van der Waals surface area contributed by atoms with Crippen LogP contribution in [0.4, 0.5) is 0 Å². The second kappa shape index (κ2) is 12.9. The average molecular weight is 734 g/mol. The van der Waals surface area contributed by atoms with Crippen molar-refractivity contribution in [1.82, 2.24) is 0 Å². The Morgan fingerprint density at radius 3 is 1.20 bits per heavy atom. The molecular weight excluding hydrogens is 702 g/mol. The first-order chi connectivity index (χ1) is 24.0. The number of hydrogen-bond donors (Lipinski definition) is 0. The van der Waals surface area contributed by atoms with Gasteiger partial charge in [0, 0.05) is 47.4 Å². The van der Waals surface area contributed by atoms with E-state index in [4.69, 9.17) is 0 Å². The van der Waals surface area contributed by atoms with Gasteiger partial charge in [-0.3, -0.25) is 0 Å². The van der Waals surface area contributed by atoms with Crippen LogP contribution in [0.25, 0.3) is 32.7 Å². The van der Waals surface area contributed by atoms with Gasteiger partial charge in [0.05, 0.1) is 0 Å². The fourth-order valence-corrected chi connectivity index (χ4v) is 13.5. The zero-order valence-corrected chi connectivity index (χ0v) is 29.9. The van der Waals surface area contributed by atoms with Crippen LogP contribution in [0.2, 0.25) is 0 Å². The van der Waals surface area contributed by atoms with Gasteiger partial charge in [0.2, 0.25) is 0 Å².